The lowest BCUT2D eigenvalue weighted by atomic mass is 10.1. The van der Waals surface area contributed by atoms with Crippen LogP contribution >= 0.6 is 11.6 Å². The van der Waals surface area contributed by atoms with Crippen LogP contribution in [0.2, 0.25) is 5.02 Å². The number of carbonyl (C=O) groups is 1. The zero-order chi connectivity index (χ0) is 22.8. The van der Waals surface area contributed by atoms with Crippen LogP contribution in [0.3, 0.4) is 0 Å². The number of benzene rings is 3. The average Bonchev–Trinajstić information content (AvgIpc) is 2.80. The van der Waals surface area contributed by atoms with Gasteiger partial charge in [0.05, 0.1) is 26.4 Å². The fraction of sp³-hybridized carbons (Fsp3) is 0.200. The molecule has 0 aliphatic heterocycles. The van der Waals surface area contributed by atoms with Crippen LogP contribution in [0, 0.1) is 0 Å². The van der Waals surface area contributed by atoms with Crippen molar-refractivity contribution in [2.75, 3.05) is 13.7 Å². The standard InChI is InChI=1S/C25H25ClN2O4/c1-3-31-24-14-19(10-13-23(24)32-17-20-6-4-5-7-22(20)26)16-27-28-25(29)15-18-8-11-21(30-2)12-9-18/h4-14,16H,3,15,17H2,1-2H3,(H,28,29)/b27-16-. The predicted octanol–water partition coefficient (Wildman–Crippen LogP) is 5.02. The van der Waals surface area contributed by atoms with Crippen molar-refractivity contribution < 1.29 is 19.0 Å². The van der Waals surface area contributed by atoms with E-state index in [4.69, 9.17) is 25.8 Å². The van der Waals surface area contributed by atoms with E-state index in [0.717, 1.165) is 22.4 Å². The molecule has 6 nitrogen and oxygen atoms in total. The van der Waals surface area contributed by atoms with Crippen molar-refractivity contribution in [3.05, 3.63) is 88.4 Å². The van der Waals surface area contributed by atoms with Gasteiger partial charge >= 0.3 is 0 Å². The molecule has 32 heavy (non-hydrogen) atoms. The molecule has 7 heteroatoms. The second-order valence-electron chi connectivity index (χ2n) is 6.84. The van der Waals surface area contributed by atoms with Crippen LogP contribution in [0.4, 0.5) is 0 Å². The van der Waals surface area contributed by atoms with Crippen molar-refractivity contribution in [3.8, 4) is 17.2 Å². The fourth-order valence-electron chi connectivity index (χ4n) is 2.91. The highest BCUT2D eigenvalue weighted by atomic mass is 35.5. The number of ether oxygens (including phenoxy) is 3. The summed E-state index contributed by atoms with van der Waals surface area (Å²) in [5.74, 6) is 1.73. The predicted molar refractivity (Wildman–Crippen MR) is 126 cm³/mol. The number of rotatable bonds is 10. The summed E-state index contributed by atoms with van der Waals surface area (Å²) in [6.45, 7) is 2.72. The molecule has 0 bridgehead atoms. The summed E-state index contributed by atoms with van der Waals surface area (Å²) in [5, 5.41) is 4.70. The molecule has 0 aliphatic rings. The highest BCUT2D eigenvalue weighted by Crippen LogP contribution is 2.29. The molecule has 0 saturated heterocycles. The summed E-state index contributed by atoms with van der Waals surface area (Å²) in [5.41, 5.74) is 5.07. The average molecular weight is 453 g/mol. The van der Waals surface area contributed by atoms with Gasteiger partial charge in [-0.25, -0.2) is 5.43 Å². The van der Waals surface area contributed by atoms with Gasteiger partial charge in [0.1, 0.15) is 12.4 Å². The van der Waals surface area contributed by atoms with Crippen molar-refractivity contribution >= 4 is 23.7 Å². The van der Waals surface area contributed by atoms with E-state index in [1.54, 1.807) is 13.3 Å². The zero-order valence-corrected chi connectivity index (χ0v) is 18.8. The van der Waals surface area contributed by atoms with Gasteiger partial charge in [0.15, 0.2) is 11.5 Å². The summed E-state index contributed by atoms with van der Waals surface area (Å²) in [4.78, 5) is 12.1. The second kappa shape index (κ2) is 11.8. The summed E-state index contributed by atoms with van der Waals surface area (Å²) in [6.07, 6.45) is 1.78. The minimum Gasteiger partial charge on any atom is -0.497 e. The van der Waals surface area contributed by atoms with Crippen molar-refractivity contribution in [1.82, 2.24) is 5.43 Å². The van der Waals surface area contributed by atoms with Gasteiger partial charge in [-0.15, -0.1) is 0 Å². The Bertz CT molecular complexity index is 1070. The third-order valence-corrected chi connectivity index (χ3v) is 4.90. The van der Waals surface area contributed by atoms with E-state index in [-0.39, 0.29) is 12.3 Å². The molecule has 3 rings (SSSR count). The summed E-state index contributed by atoms with van der Waals surface area (Å²) < 4.78 is 16.7. The largest absolute Gasteiger partial charge is 0.497 e. The summed E-state index contributed by atoms with van der Waals surface area (Å²) in [6, 6.07) is 20.3. The van der Waals surface area contributed by atoms with Crippen molar-refractivity contribution in [2.24, 2.45) is 5.10 Å². The third-order valence-electron chi connectivity index (χ3n) is 4.54. The van der Waals surface area contributed by atoms with Gasteiger partial charge in [0.25, 0.3) is 0 Å². The molecule has 0 unspecified atom stereocenters. The Morgan fingerprint density at radius 1 is 1.03 bits per heavy atom. The summed E-state index contributed by atoms with van der Waals surface area (Å²) >= 11 is 6.20. The van der Waals surface area contributed by atoms with Crippen molar-refractivity contribution in [3.63, 3.8) is 0 Å². The molecule has 3 aromatic carbocycles. The van der Waals surface area contributed by atoms with Crippen molar-refractivity contribution in [1.29, 1.82) is 0 Å². The lowest BCUT2D eigenvalue weighted by molar-refractivity contribution is -0.120. The molecule has 0 aromatic heterocycles. The lowest BCUT2D eigenvalue weighted by Gasteiger charge is -2.13. The van der Waals surface area contributed by atoms with Gasteiger partial charge < -0.3 is 14.2 Å². The van der Waals surface area contributed by atoms with Crippen LogP contribution in [-0.4, -0.2) is 25.8 Å². The quantitative estimate of drug-likeness (QED) is 0.346. The Balaban J connectivity index is 1.59. The SMILES string of the molecule is CCOc1cc(/C=N\NC(=O)Cc2ccc(OC)cc2)ccc1OCc1ccccc1Cl. The lowest BCUT2D eigenvalue weighted by Crippen LogP contribution is -2.19. The number of amides is 1. The van der Waals surface area contributed by atoms with Crippen LogP contribution in [0.1, 0.15) is 23.6 Å². The first-order valence-electron chi connectivity index (χ1n) is 10.2. The number of carbonyl (C=O) groups excluding carboxylic acids is 1. The Morgan fingerprint density at radius 2 is 1.81 bits per heavy atom. The van der Waals surface area contributed by atoms with Crippen LogP contribution in [-0.2, 0) is 17.8 Å². The number of hydrogen-bond acceptors (Lipinski definition) is 5. The molecule has 0 radical (unpaired) electrons. The maximum absolute atomic E-state index is 12.1. The van der Waals surface area contributed by atoms with Gasteiger partial charge in [0, 0.05) is 10.6 Å². The number of nitrogens with zero attached hydrogens (tertiary/aromatic N) is 1. The maximum atomic E-state index is 12.1. The van der Waals surface area contributed by atoms with Crippen LogP contribution < -0.4 is 19.6 Å². The van der Waals surface area contributed by atoms with E-state index < -0.39 is 0 Å². The Kier molecular flexibility index (Phi) is 8.52. The highest BCUT2D eigenvalue weighted by molar-refractivity contribution is 6.31. The number of methoxy groups -OCH3 is 1. The van der Waals surface area contributed by atoms with Crippen LogP contribution in [0.15, 0.2) is 71.8 Å². The first kappa shape index (κ1) is 23.2. The Morgan fingerprint density at radius 3 is 2.53 bits per heavy atom. The first-order chi connectivity index (χ1) is 15.6. The molecule has 0 aliphatic carbocycles. The molecule has 0 spiro atoms. The minimum absolute atomic E-state index is 0.212. The molecule has 166 valence electrons. The number of halogens is 1. The molecule has 0 heterocycles. The van der Waals surface area contributed by atoms with Gasteiger partial charge in [-0.1, -0.05) is 41.9 Å². The Labute approximate surface area is 192 Å². The van der Waals surface area contributed by atoms with E-state index in [9.17, 15) is 4.79 Å². The molecular weight excluding hydrogens is 428 g/mol. The molecular formula is C25H25ClN2O4. The van der Waals surface area contributed by atoms with Gasteiger partial charge in [0.2, 0.25) is 5.91 Å². The monoisotopic (exact) mass is 452 g/mol. The molecule has 1 N–H and O–H groups in total. The topological polar surface area (TPSA) is 69.2 Å². The smallest absolute Gasteiger partial charge is 0.244 e. The van der Waals surface area contributed by atoms with Gasteiger partial charge in [-0.2, -0.15) is 5.10 Å². The third kappa shape index (κ3) is 6.75. The second-order valence-corrected chi connectivity index (χ2v) is 7.24. The maximum Gasteiger partial charge on any atom is 0.244 e. The molecule has 3 aromatic rings. The number of nitrogens with one attached hydrogen (secondary N) is 1. The van der Waals surface area contributed by atoms with Crippen LogP contribution in [0.5, 0.6) is 17.2 Å². The normalized spacial score (nSPS) is 10.7. The summed E-state index contributed by atoms with van der Waals surface area (Å²) in [7, 11) is 1.60. The van der Waals surface area contributed by atoms with E-state index in [0.29, 0.717) is 29.7 Å². The molecule has 0 atom stereocenters. The van der Waals surface area contributed by atoms with Crippen LogP contribution in [0.25, 0.3) is 0 Å². The first-order valence-corrected chi connectivity index (χ1v) is 10.5. The van der Waals surface area contributed by atoms with E-state index in [1.165, 1.54) is 0 Å². The number of hydrogen-bond donors (Lipinski definition) is 1. The highest BCUT2D eigenvalue weighted by Gasteiger charge is 2.08. The van der Waals surface area contributed by atoms with Gasteiger partial charge in [-0.05, 0) is 54.4 Å². The minimum atomic E-state index is -0.212. The van der Waals surface area contributed by atoms with E-state index in [2.05, 4.69) is 10.5 Å². The van der Waals surface area contributed by atoms with E-state index >= 15 is 0 Å². The number of hydrazone groups is 1. The molecule has 0 saturated carbocycles. The molecule has 0 fully saturated rings. The molecule has 1 amide bonds. The Hall–Kier alpha value is -3.51. The van der Waals surface area contributed by atoms with E-state index in [1.807, 2.05) is 73.7 Å². The van der Waals surface area contributed by atoms with Crippen molar-refractivity contribution in [2.45, 2.75) is 20.0 Å². The fourth-order valence-corrected chi connectivity index (χ4v) is 3.10. The van der Waals surface area contributed by atoms with Gasteiger partial charge in [-0.3, -0.25) is 4.79 Å². The zero-order valence-electron chi connectivity index (χ0n) is 18.0.